The average molecular weight is 324 g/mol. The highest BCUT2D eigenvalue weighted by Gasteiger charge is 2.14. The van der Waals surface area contributed by atoms with E-state index in [0.29, 0.717) is 6.61 Å². The van der Waals surface area contributed by atoms with Gasteiger partial charge in [0.2, 0.25) is 10.0 Å². The Morgan fingerprint density at radius 2 is 1.89 bits per heavy atom. The summed E-state index contributed by atoms with van der Waals surface area (Å²) in [6, 6.07) is 4.15. The van der Waals surface area contributed by atoms with Gasteiger partial charge in [0, 0.05) is 16.6 Å². The molecule has 0 aliphatic rings. The second-order valence-electron chi connectivity index (χ2n) is 4.01. The summed E-state index contributed by atoms with van der Waals surface area (Å²) < 4.78 is 31.5. The molecule has 1 rings (SSSR count). The molecule has 0 aliphatic carbocycles. The molecule has 0 saturated carbocycles. The second-order valence-corrected chi connectivity index (χ2v) is 6.65. The van der Waals surface area contributed by atoms with Crippen molar-refractivity contribution in [2.45, 2.75) is 11.8 Å². The Balaban J connectivity index is 2.58. The predicted octanol–water partition coefficient (Wildman–Crippen LogP) is 2.86. The Morgan fingerprint density at radius 3 is 2.42 bits per heavy atom. The van der Waals surface area contributed by atoms with Crippen LogP contribution in [0.5, 0.6) is 0 Å². The van der Waals surface area contributed by atoms with Gasteiger partial charge in [0.15, 0.2) is 0 Å². The van der Waals surface area contributed by atoms with E-state index in [4.69, 9.17) is 27.9 Å². The average Bonchev–Trinajstić information content (AvgIpc) is 2.26. The lowest BCUT2D eigenvalue weighted by Crippen LogP contribution is -2.27. The molecule has 1 aromatic rings. The maximum absolute atomic E-state index is 11.9. The van der Waals surface area contributed by atoms with Gasteiger partial charge in [-0.05, 0) is 25.1 Å². The lowest BCUT2D eigenvalue weighted by atomic mass is 10.4. The van der Waals surface area contributed by atoms with Crippen molar-refractivity contribution in [3.63, 3.8) is 0 Å². The van der Waals surface area contributed by atoms with Gasteiger partial charge in [0.1, 0.15) is 0 Å². The standard InChI is InChI=1S/C12H15Cl2NO3S/c1-9(2)8-18-4-3-15-19(16,17)12-6-10(13)5-11(14)7-12/h5-7,15H,1,3-4,8H2,2H3. The molecule has 4 nitrogen and oxygen atoms in total. The van der Waals surface area contributed by atoms with Gasteiger partial charge in [-0.2, -0.15) is 0 Å². The molecule has 1 aromatic carbocycles. The molecule has 7 heteroatoms. The van der Waals surface area contributed by atoms with Gasteiger partial charge in [-0.25, -0.2) is 13.1 Å². The number of halogens is 2. The van der Waals surface area contributed by atoms with Crippen LogP contribution in [0.15, 0.2) is 35.2 Å². The largest absolute Gasteiger partial charge is 0.376 e. The normalized spacial score (nSPS) is 11.5. The lowest BCUT2D eigenvalue weighted by Gasteiger charge is -2.08. The third-order valence-corrected chi connectivity index (χ3v) is 3.91. The lowest BCUT2D eigenvalue weighted by molar-refractivity contribution is 0.162. The van der Waals surface area contributed by atoms with Crippen LogP contribution in [0.1, 0.15) is 6.92 Å². The maximum atomic E-state index is 11.9. The first-order valence-electron chi connectivity index (χ1n) is 5.49. The Hall–Kier alpha value is -0.590. The molecule has 0 aliphatic heterocycles. The maximum Gasteiger partial charge on any atom is 0.240 e. The first-order valence-corrected chi connectivity index (χ1v) is 7.73. The predicted molar refractivity (Wildman–Crippen MR) is 77.3 cm³/mol. The summed E-state index contributed by atoms with van der Waals surface area (Å²) in [6.45, 7) is 6.35. The van der Waals surface area contributed by atoms with Crippen molar-refractivity contribution < 1.29 is 13.2 Å². The topological polar surface area (TPSA) is 55.4 Å². The van der Waals surface area contributed by atoms with E-state index in [1.54, 1.807) is 0 Å². The number of rotatable bonds is 7. The zero-order valence-corrected chi connectivity index (χ0v) is 12.8. The van der Waals surface area contributed by atoms with Crippen LogP contribution in [-0.4, -0.2) is 28.2 Å². The Kier molecular flexibility index (Phi) is 6.29. The molecule has 0 unspecified atom stereocenters. The van der Waals surface area contributed by atoms with E-state index in [-0.39, 0.29) is 28.1 Å². The van der Waals surface area contributed by atoms with Crippen LogP contribution in [0, 0.1) is 0 Å². The van der Waals surface area contributed by atoms with Crippen LogP contribution in [0.3, 0.4) is 0 Å². The summed E-state index contributed by atoms with van der Waals surface area (Å²) >= 11 is 11.5. The van der Waals surface area contributed by atoms with Gasteiger partial charge < -0.3 is 4.74 Å². The number of ether oxygens (including phenoxy) is 1. The third kappa shape index (κ3) is 5.93. The van der Waals surface area contributed by atoms with Gasteiger partial charge in [0.25, 0.3) is 0 Å². The molecule has 0 fully saturated rings. The Labute approximate surface area is 123 Å². The van der Waals surface area contributed by atoms with Crippen molar-refractivity contribution in [1.82, 2.24) is 4.72 Å². The van der Waals surface area contributed by atoms with Crippen LogP contribution in [0.25, 0.3) is 0 Å². The molecule has 1 N–H and O–H groups in total. The van der Waals surface area contributed by atoms with Crippen molar-refractivity contribution in [2.75, 3.05) is 19.8 Å². The van der Waals surface area contributed by atoms with E-state index >= 15 is 0 Å². The number of benzene rings is 1. The van der Waals surface area contributed by atoms with E-state index in [1.807, 2.05) is 6.92 Å². The van der Waals surface area contributed by atoms with E-state index in [2.05, 4.69) is 11.3 Å². The fraction of sp³-hybridized carbons (Fsp3) is 0.333. The molecule has 19 heavy (non-hydrogen) atoms. The minimum atomic E-state index is -3.63. The Bertz CT molecular complexity index is 538. The monoisotopic (exact) mass is 323 g/mol. The summed E-state index contributed by atoms with van der Waals surface area (Å²) in [7, 11) is -3.63. The molecule has 0 spiro atoms. The molecular formula is C12H15Cl2NO3S. The Morgan fingerprint density at radius 1 is 1.32 bits per heavy atom. The molecular weight excluding hydrogens is 309 g/mol. The highest BCUT2D eigenvalue weighted by molar-refractivity contribution is 7.89. The minimum Gasteiger partial charge on any atom is -0.376 e. The van der Waals surface area contributed by atoms with Gasteiger partial charge in [0.05, 0.1) is 18.1 Å². The van der Waals surface area contributed by atoms with Crippen molar-refractivity contribution in [2.24, 2.45) is 0 Å². The highest BCUT2D eigenvalue weighted by Crippen LogP contribution is 2.21. The summed E-state index contributed by atoms with van der Waals surface area (Å²) in [5.41, 5.74) is 0.879. The minimum absolute atomic E-state index is 0.0323. The first kappa shape index (κ1) is 16.5. The molecule has 106 valence electrons. The molecule has 0 bridgehead atoms. The summed E-state index contributed by atoms with van der Waals surface area (Å²) in [5.74, 6) is 0. The van der Waals surface area contributed by atoms with Crippen molar-refractivity contribution in [3.8, 4) is 0 Å². The third-order valence-electron chi connectivity index (χ3n) is 2.03. The molecule has 0 aromatic heterocycles. The SMILES string of the molecule is C=C(C)COCCNS(=O)(=O)c1cc(Cl)cc(Cl)c1. The van der Waals surface area contributed by atoms with E-state index in [0.717, 1.165) is 5.57 Å². The smallest absolute Gasteiger partial charge is 0.240 e. The van der Waals surface area contributed by atoms with Crippen molar-refractivity contribution >= 4 is 33.2 Å². The second kappa shape index (κ2) is 7.26. The number of hydrogen-bond acceptors (Lipinski definition) is 3. The molecule has 0 atom stereocenters. The van der Waals surface area contributed by atoms with E-state index in [9.17, 15) is 8.42 Å². The molecule has 0 amide bonds. The summed E-state index contributed by atoms with van der Waals surface area (Å²) in [5, 5.41) is 0.540. The number of sulfonamides is 1. The number of nitrogens with one attached hydrogen (secondary N) is 1. The zero-order valence-electron chi connectivity index (χ0n) is 10.4. The molecule has 0 radical (unpaired) electrons. The van der Waals surface area contributed by atoms with Gasteiger partial charge in [-0.15, -0.1) is 0 Å². The number of hydrogen-bond donors (Lipinski definition) is 1. The van der Waals surface area contributed by atoms with Gasteiger partial charge in [-0.3, -0.25) is 0 Å². The van der Waals surface area contributed by atoms with Crippen LogP contribution in [0.2, 0.25) is 10.0 Å². The van der Waals surface area contributed by atoms with Crippen LogP contribution in [-0.2, 0) is 14.8 Å². The fourth-order valence-corrected chi connectivity index (χ4v) is 3.00. The van der Waals surface area contributed by atoms with E-state index in [1.165, 1.54) is 18.2 Å². The molecule has 0 heterocycles. The van der Waals surface area contributed by atoms with Crippen LogP contribution in [0.4, 0.5) is 0 Å². The fourth-order valence-electron chi connectivity index (χ4n) is 1.26. The zero-order chi connectivity index (χ0) is 14.5. The quantitative estimate of drug-likeness (QED) is 0.620. The summed E-state index contributed by atoms with van der Waals surface area (Å²) in [4.78, 5) is 0.0323. The highest BCUT2D eigenvalue weighted by atomic mass is 35.5. The van der Waals surface area contributed by atoms with Crippen LogP contribution >= 0.6 is 23.2 Å². The van der Waals surface area contributed by atoms with Gasteiger partial charge in [-0.1, -0.05) is 35.4 Å². The summed E-state index contributed by atoms with van der Waals surface area (Å²) in [6.07, 6.45) is 0. The van der Waals surface area contributed by atoms with Crippen LogP contribution < -0.4 is 4.72 Å². The molecule has 0 saturated heterocycles. The van der Waals surface area contributed by atoms with Crippen molar-refractivity contribution in [3.05, 3.63) is 40.4 Å². The van der Waals surface area contributed by atoms with E-state index < -0.39 is 10.0 Å². The van der Waals surface area contributed by atoms with Crippen molar-refractivity contribution in [1.29, 1.82) is 0 Å². The van der Waals surface area contributed by atoms with Gasteiger partial charge >= 0.3 is 0 Å². The first-order chi connectivity index (χ1) is 8.81.